The lowest BCUT2D eigenvalue weighted by atomic mass is 10.1. The second-order valence-electron chi connectivity index (χ2n) is 7.49. The summed E-state index contributed by atoms with van der Waals surface area (Å²) in [5.74, 6) is -0.576. The first-order valence-electron chi connectivity index (χ1n) is 10.4. The number of nitro groups is 2. The molecule has 1 aliphatic heterocycles. The van der Waals surface area contributed by atoms with E-state index in [0.29, 0.717) is 38.2 Å². The molecule has 0 unspecified atom stereocenters. The van der Waals surface area contributed by atoms with Gasteiger partial charge in [-0.15, -0.1) is 11.3 Å². The van der Waals surface area contributed by atoms with Crippen LogP contribution in [0.25, 0.3) is 16.3 Å². The molecule has 11 nitrogen and oxygen atoms in total. The Bertz CT molecular complexity index is 1390. The van der Waals surface area contributed by atoms with Gasteiger partial charge in [-0.25, -0.2) is 4.98 Å². The van der Waals surface area contributed by atoms with Crippen molar-refractivity contribution in [3.8, 4) is 6.07 Å². The van der Waals surface area contributed by atoms with Gasteiger partial charge in [0.1, 0.15) is 11.6 Å². The van der Waals surface area contributed by atoms with Crippen molar-refractivity contribution < 1.29 is 19.4 Å². The van der Waals surface area contributed by atoms with Gasteiger partial charge < -0.3 is 10.1 Å². The summed E-state index contributed by atoms with van der Waals surface area (Å²) < 4.78 is 6.52. The van der Waals surface area contributed by atoms with Crippen LogP contribution in [0.5, 0.6) is 0 Å². The molecule has 1 aliphatic rings. The number of nitrogens with zero attached hydrogens (tertiary/aromatic N) is 4. The molecule has 13 heteroatoms. The number of hydrogen-bond donors (Lipinski definition) is 1. The Balaban J connectivity index is 1.54. The summed E-state index contributed by atoms with van der Waals surface area (Å²) >= 11 is 2.25. The third-order valence-electron chi connectivity index (χ3n) is 5.13. The molecule has 0 saturated carbocycles. The third-order valence-corrected chi connectivity index (χ3v) is 7.27. The van der Waals surface area contributed by atoms with Crippen LogP contribution in [0.4, 0.5) is 11.4 Å². The van der Waals surface area contributed by atoms with Gasteiger partial charge in [0, 0.05) is 31.4 Å². The number of nitriles is 1. The van der Waals surface area contributed by atoms with Gasteiger partial charge in [0.2, 0.25) is 0 Å². The number of nitrogens with one attached hydrogen (secondary N) is 1. The minimum Gasteiger partial charge on any atom is -0.376 e. The molecule has 1 N–H and O–H groups in total. The van der Waals surface area contributed by atoms with Crippen LogP contribution < -0.4 is 5.32 Å². The van der Waals surface area contributed by atoms with Crippen LogP contribution in [-0.2, 0) is 9.53 Å². The number of aromatic nitrogens is 1. The Hall–Kier alpha value is -3.86. The minimum atomic E-state index is -0.576. The number of nitro benzene ring substituents is 2. The smallest absolute Gasteiger partial charge is 0.283 e. The number of fused-ring (bicyclic) bond motifs is 1. The summed E-state index contributed by atoms with van der Waals surface area (Å²) in [5.41, 5.74) is 0.423. The molecule has 0 radical (unpaired) electrons. The highest BCUT2D eigenvalue weighted by atomic mass is 32.2. The number of carbonyl (C=O) groups is 1. The van der Waals surface area contributed by atoms with Crippen LogP contribution in [-0.4, -0.2) is 40.0 Å². The molecule has 1 amide bonds. The number of non-ortho nitro benzene ring substituents is 1. The zero-order valence-corrected chi connectivity index (χ0v) is 19.6. The lowest BCUT2D eigenvalue weighted by Crippen LogP contribution is -2.32. The summed E-state index contributed by atoms with van der Waals surface area (Å²) in [5, 5.41) is 34.8. The van der Waals surface area contributed by atoms with Crippen LogP contribution in [0.15, 0.2) is 51.2 Å². The van der Waals surface area contributed by atoms with Crippen molar-refractivity contribution in [3.63, 3.8) is 0 Å². The number of thiazole rings is 1. The predicted octanol–water partition coefficient (Wildman–Crippen LogP) is 4.47. The number of hydrogen-bond acceptors (Lipinski definition) is 10. The number of rotatable bonds is 8. The van der Waals surface area contributed by atoms with Crippen molar-refractivity contribution in [2.45, 2.75) is 28.2 Å². The standard InChI is InChI=1S/C22H17N5O6S2/c23-11-14(21(28)24-12-16-2-1-7-33-16)8-13-3-6-19(18(9-13)27(31)32)34-22-25-17-5-4-15(26(29)30)10-20(17)35-22/h3-6,8-10,16H,1-2,7,12H2,(H,24,28)/b14-8+/t16-/m0/s1. The van der Waals surface area contributed by atoms with Crippen LogP contribution in [0.3, 0.4) is 0 Å². The Morgan fingerprint density at radius 2 is 2.11 bits per heavy atom. The molecule has 1 saturated heterocycles. The molecule has 178 valence electrons. The van der Waals surface area contributed by atoms with Gasteiger partial charge in [-0.2, -0.15) is 5.26 Å². The number of carbonyl (C=O) groups excluding carboxylic acids is 1. The van der Waals surface area contributed by atoms with Gasteiger partial charge in [-0.05, 0) is 36.6 Å². The van der Waals surface area contributed by atoms with Gasteiger partial charge in [-0.3, -0.25) is 25.0 Å². The second kappa shape index (κ2) is 10.6. The van der Waals surface area contributed by atoms with E-state index in [1.165, 1.54) is 47.7 Å². The molecule has 3 aromatic rings. The Morgan fingerprint density at radius 1 is 1.29 bits per heavy atom. The van der Waals surface area contributed by atoms with E-state index >= 15 is 0 Å². The van der Waals surface area contributed by atoms with Crippen molar-refractivity contribution in [2.75, 3.05) is 13.2 Å². The van der Waals surface area contributed by atoms with E-state index in [4.69, 9.17) is 4.74 Å². The quantitative estimate of drug-likeness (QED) is 0.199. The molecule has 35 heavy (non-hydrogen) atoms. The fourth-order valence-electron chi connectivity index (χ4n) is 3.42. The van der Waals surface area contributed by atoms with E-state index in [0.717, 1.165) is 24.6 Å². The SMILES string of the molecule is N#C/C(=C\c1ccc(Sc2nc3ccc([N+](=O)[O-])cc3s2)c([N+](=O)[O-])c1)C(=O)NC[C@@H]1CCCO1. The molecule has 1 aromatic heterocycles. The zero-order chi connectivity index (χ0) is 24.9. The summed E-state index contributed by atoms with van der Waals surface area (Å²) in [7, 11) is 0. The first-order chi connectivity index (χ1) is 16.8. The average Bonchev–Trinajstić information content (AvgIpc) is 3.50. The molecule has 1 atom stereocenters. The van der Waals surface area contributed by atoms with Gasteiger partial charge >= 0.3 is 0 Å². The summed E-state index contributed by atoms with van der Waals surface area (Å²) in [6.45, 7) is 0.936. The topological polar surface area (TPSA) is 161 Å². The summed E-state index contributed by atoms with van der Waals surface area (Å²) in [4.78, 5) is 38.7. The average molecular weight is 512 g/mol. The Labute approximate surface area is 206 Å². The number of benzene rings is 2. The van der Waals surface area contributed by atoms with Gasteiger partial charge in [0.25, 0.3) is 17.3 Å². The maximum atomic E-state index is 12.4. The third kappa shape index (κ3) is 5.80. The fraction of sp³-hybridized carbons (Fsp3) is 0.227. The van der Waals surface area contributed by atoms with Crippen LogP contribution in [0, 0.1) is 31.6 Å². The largest absolute Gasteiger partial charge is 0.376 e. The van der Waals surface area contributed by atoms with E-state index < -0.39 is 15.8 Å². The van der Waals surface area contributed by atoms with Crippen molar-refractivity contribution in [1.82, 2.24) is 10.3 Å². The maximum absolute atomic E-state index is 12.4. The van der Waals surface area contributed by atoms with Crippen LogP contribution in [0.1, 0.15) is 18.4 Å². The fourth-order valence-corrected chi connectivity index (χ4v) is 5.56. The highest BCUT2D eigenvalue weighted by Gasteiger charge is 2.20. The first-order valence-corrected chi connectivity index (χ1v) is 12.0. The van der Waals surface area contributed by atoms with Crippen molar-refractivity contribution in [1.29, 1.82) is 5.26 Å². The Kier molecular flexibility index (Phi) is 7.35. The molecular weight excluding hydrogens is 494 g/mol. The molecule has 4 rings (SSSR count). The molecular formula is C22H17N5O6S2. The molecule has 2 aromatic carbocycles. The van der Waals surface area contributed by atoms with E-state index in [1.54, 1.807) is 6.07 Å². The molecule has 1 fully saturated rings. The normalized spacial score (nSPS) is 15.6. The monoisotopic (exact) mass is 511 g/mol. The van der Waals surface area contributed by atoms with Gasteiger partial charge in [0.05, 0.1) is 31.1 Å². The highest BCUT2D eigenvalue weighted by Crippen LogP contribution is 2.40. The lowest BCUT2D eigenvalue weighted by Gasteiger charge is -2.10. The van der Waals surface area contributed by atoms with E-state index in [2.05, 4.69) is 10.3 Å². The van der Waals surface area contributed by atoms with Crippen molar-refractivity contribution >= 4 is 56.7 Å². The number of amides is 1. The van der Waals surface area contributed by atoms with Gasteiger partial charge in [0.15, 0.2) is 4.34 Å². The highest BCUT2D eigenvalue weighted by molar-refractivity contribution is 8.01. The van der Waals surface area contributed by atoms with E-state index in [1.807, 2.05) is 6.07 Å². The van der Waals surface area contributed by atoms with Crippen LogP contribution >= 0.6 is 23.1 Å². The maximum Gasteiger partial charge on any atom is 0.283 e. The Morgan fingerprint density at radius 3 is 2.80 bits per heavy atom. The lowest BCUT2D eigenvalue weighted by molar-refractivity contribution is -0.387. The van der Waals surface area contributed by atoms with E-state index in [-0.39, 0.29) is 23.1 Å². The summed E-state index contributed by atoms with van der Waals surface area (Å²) in [6.07, 6.45) is 2.98. The first kappa shape index (κ1) is 24.3. The molecule has 0 spiro atoms. The minimum absolute atomic E-state index is 0.0621. The van der Waals surface area contributed by atoms with Gasteiger partial charge in [-0.1, -0.05) is 17.8 Å². The predicted molar refractivity (Wildman–Crippen MR) is 129 cm³/mol. The number of ether oxygens (including phenoxy) is 1. The van der Waals surface area contributed by atoms with Crippen molar-refractivity contribution in [3.05, 3.63) is 67.8 Å². The van der Waals surface area contributed by atoms with Crippen molar-refractivity contribution in [2.24, 2.45) is 0 Å². The zero-order valence-electron chi connectivity index (χ0n) is 18.0. The van der Waals surface area contributed by atoms with E-state index in [9.17, 15) is 30.3 Å². The van der Waals surface area contributed by atoms with Crippen LogP contribution in [0.2, 0.25) is 0 Å². The molecule has 0 bridgehead atoms. The molecule has 2 heterocycles. The molecule has 0 aliphatic carbocycles. The summed E-state index contributed by atoms with van der Waals surface area (Å²) in [6, 6.07) is 10.5. The second-order valence-corrected chi connectivity index (χ2v) is 9.81.